The lowest BCUT2D eigenvalue weighted by Crippen LogP contribution is -2.48. The van der Waals surface area contributed by atoms with Crippen molar-refractivity contribution in [1.82, 2.24) is 19.4 Å². The Hall–Kier alpha value is -2.18. The van der Waals surface area contributed by atoms with E-state index in [1.165, 1.54) is 5.01 Å². The third kappa shape index (κ3) is 4.09. The van der Waals surface area contributed by atoms with Crippen LogP contribution in [0.3, 0.4) is 0 Å². The molecule has 0 saturated carbocycles. The number of hydrogen-bond acceptors (Lipinski definition) is 4. The summed E-state index contributed by atoms with van der Waals surface area (Å²) in [5, 5.41) is 4.42. The number of thiazole rings is 1. The molecule has 154 valence electrons. The highest BCUT2D eigenvalue weighted by Crippen LogP contribution is 2.26. The molecule has 1 amide bonds. The Morgan fingerprint density at radius 2 is 1.86 bits per heavy atom. The smallest absolute Gasteiger partial charge is 0.256 e. The third-order valence-electron chi connectivity index (χ3n) is 5.60. The molecular formula is C23H30N4OS. The average Bonchev–Trinajstić information content (AvgIpc) is 3.32. The topological polar surface area (TPSA) is 41.4 Å². The molecule has 0 radical (unpaired) electrons. The monoisotopic (exact) mass is 410 g/mol. The van der Waals surface area contributed by atoms with Crippen molar-refractivity contribution < 1.29 is 4.79 Å². The number of benzene rings is 1. The van der Waals surface area contributed by atoms with Crippen LogP contribution < -0.4 is 0 Å². The van der Waals surface area contributed by atoms with Gasteiger partial charge in [-0.25, -0.2) is 4.98 Å². The van der Waals surface area contributed by atoms with Gasteiger partial charge in [-0.1, -0.05) is 39.0 Å². The van der Waals surface area contributed by atoms with Crippen LogP contribution in [0.5, 0.6) is 0 Å². The summed E-state index contributed by atoms with van der Waals surface area (Å²) in [6.07, 6.45) is 2.02. The first-order chi connectivity index (χ1) is 13.9. The Kier molecular flexibility index (Phi) is 5.49. The molecule has 1 aromatic carbocycles. The number of fused-ring (bicyclic) bond motifs is 1. The summed E-state index contributed by atoms with van der Waals surface area (Å²) in [6, 6.07) is 8.19. The summed E-state index contributed by atoms with van der Waals surface area (Å²) in [7, 11) is 0. The van der Waals surface area contributed by atoms with E-state index < -0.39 is 0 Å². The number of rotatable bonds is 4. The van der Waals surface area contributed by atoms with Crippen LogP contribution >= 0.6 is 11.3 Å². The zero-order chi connectivity index (χ0) is 20.6. The zero-order valence-electron chi connectivity index (χ0n) is 17.8. The predicted octanol–water partition coefficient (Wildman–Crippen LogP) is 4.37. The fraction of sp³-hybridized carbons (Fsp3) is 0.478. The summed E-state index contributed by atoms with van der Waals surface area (Å²) < 4.78 is 2.16. The van der Waals surface area contributed by atoms with Gasteiger partial charge in [0, 0.05) is 67.2 Å². The number of hydrogen-bond donors (Lipinski definition) is 0. The Balaban J connectivity index is 1.41. The third-order valence-corrected chi connectivity index (χ3v) is 6.91. The SMILES string of the molecule is CCn1cc(C(=O)N2CCN(Cc3csc(C(C)(C)C)n3)CC2)c2ccccc21. The molecule has 5 nitrogen and oxygen atoms in total. The lowest BCUT2D eigenvalue weighted by molar-refractivity contribution is 0.0629. The van der Waals surface area contributed by atoms with E-state index in [-0.39, 0.29) is 11.3 Å². The van der Waals surface area contributed by atoms with Crippen LogP contribution in [0.15, 0.2) is 35.8 Å². The highest BCUT2D eigenvalue weighted by Gasteiger charge is 2.25. The number of aryl methyl sites for hydroxylation is 1. The highest BCUT2D eigenvalue weighted by molar-refractivity contribution is 7.09. The molecule has 3 heterocycles. The first-order valence-corrected chi connectivity index (χ1v) is 11.3. The molecule has 0 spiro atoms. The van der Waals surface area contributed by atoms with Gasteiger partial charge >= 0.3 is 0 Å². The van der Waals surface area contributed by atoms with Crippen molar-refractivity contribution in [3.8, 4) is 0 Å². The standard InChI is InChI=1S/C23H30N4OS/c1-5-26-15-19(18-8-6-7-9-20(18)26)21(28)27-12-10-25(11-13-27)14-17-16-29-22(24-17)23(2,3)4/h6-9,15-16H,5,10-14H2,1-4H3. The molecule has 0 atom stereocenters. The molecule has 0 aliphatic carbocycles. The number of carbonyl (C=O) groups is 1. The van der Waals surface area contributed by atoms with Crippen LogP contribution in [0, 0.1) is 0 Å². The Labute approximate surface area is 177 Å². The number of amides is 1. The lowest BCUT2D eigenvalue weighted by atomic mass is 9.98. The largest absolute Gasteiger partial charge is 0.347 e. The van der Waals surface area contributed by atoms with Crippen molar-refractivity contribution in [2.24, 2.45) is 0 Å². The van der Waals surface area contributed by atoms with Crippen LogP contribution in [0.4, 0.5) is 0 Å². The van der Waals surface area contributed by atoms with Crippen molar-refractivity contribution >= 4 is 28.1 Å². The van der Waals surface area contributed by atoms with E-state index in [4.69, 9.17) is 4.98 Å². The summed E-state index contributed by atoms with van der Waals surface area (Å²) in [5.74, 6) is 0.150. The minimum absolute atomic E-state index is 0.103. The number of piperazine rings is 1. The van der Waals surface area contributed by atoms with Crippen LogP contribution in [-0.4, -0.2) is 51.4 Å². The van der Waals surface area contributed by atoms with Gasteiger partial charge in [0.05, 0.1) is 16.3 Å². The molecule has 1 aliphatic heterocycles. The predicted molar refractivity (Wildman–Crippen MR) is 120 cm³/mol. The summed E-state index contributed by atoms with van der Waals surface area (Å²) in [5.41, 5.74) is 3.21. The quantitative estimate of drug-likeness (QED) is 0.641. The van der Waals surface area contributed by atoms with E-state index in [1.54, 1.807) is 11.3 Å². The second-order valence-corrected chi connectivity index (χ2v) is 9.67. The zero-order valence-corrected chi connectivity index (χ0v) is 18.6. The number of nitrogens with zero attached hydrogens (tertiary/aromatic N) is 4. The molecule has 6 heteroatoms. The number of carbonyl (C=O) groups excluding carboxylic acids is 1. The van der Waals surface area contributed by atoms with Gasteiger partial charge in [-0.15, -0.1) is 11.3 Å². The molecule has 1 saturated heterocycles. The second kappa shape index (κ2) is 7.92. The maximum Gasteiger partial charge on any atom is 0.256 e. The van der Waals surface area contributed by atoms with Crippen LogP contribution in [-0.2, 0) is 18.5 Å². The minimum Gasteiger partial charge on any atom is -0.347 e. The molecule has 3 aromatic rings. The molecule has 1 fully saturated rings. The molecule has 4 rings (SSSR count). The van der Waals surface area contributed by atoms with E-state index in [0.717, 1.165) is 61.4 Å². The first-order valence-electron chi connectivity index (χ1n) is 10.4. The average molecular weight is 411 g/mol. The van der Waals surface area contributed by atoms with Gasteiger partial charge < -0.3 is 9.47 Å². The van der Waals surface area contributed by atoms with Gasteiger partial charge in [-0.3, -0.25) is 9.69 Å². The molecule has 0 unspecified atom stereocenters. The maximum absolute atomic E-state index is 13.2. The van der Waals surface area contributed by atoms with Gasteiger partial charge in [-0.2, -0.15) is 0 Å². The van der Waals surface area contributed by atoms with Gasteiger partial charge in [0.15, 0.2) is 0 Å². The Morgan fingerprint density at radius 1 is 1.14 bits per heavy atom. The van der Waals surface area contributed by atoms with E-state index >= 15 is 0 Å². The van der Waals surface area contributed by atoms with Gasteiger partial charge in [-0.05, 0) is 13.0 Å². The molecule has 2 aromatic heterocycles. The van der Waals surface area contributed by atoms with E-state index in [1.807, 2.05) is 23.2 Å². The van der Waals surface area contributed by atoms with Crippen LogP contribution in [0.25, 0.3) is 10.9 Å². The fourth-order valence-electron chi connectivity index (χ4n) is 3.91. The van der Waals surface area contributed by atoms with Crippen molar-refractivity contribution in [3.63, 3.8) is 0 Å². The van der Waals surface area contributed by atoms with E-state index in [2.05, 4.69) is 54.7 Å². The highest BCUT2D eigenvalue weighted by atomic mass is 32.1. The lowest BCUT2D eigenvalue weighted by Gasteiger charge is -2.34. The molecule has 1 aliphatic rings. The second-order valence-electron chi connectivity index (χ2n) is 8.81. The molecule has 29 heavy (non-hydrogen) atoms. The van der Waals surface area contributed by atoms with Crippen molar-refractivity contribution in [1.29, 1.82) is 0 Å². The van der Waals surface area contributed by atoms with Crippen LogP contribution in [0.1, 0.15) is 48.8 Å². The number of para-hydroxylation sites is 1. The van der Waals surface area contributed by atoms with E-state index in [0.29, 0.717) is 0 Å². The Morgan fingerprint density at radius 3 is 2.52 bits per heavy atom. The van der Waals surface area contributed by atoms with Crippen molar-refractivity contribution in [2.75, 3.05) is 26.2 Å². The maximum atomic E-state index is 13.2. The Bertz CT molecular complexity index is 1010. The fourth-order valence-corrected chi connectivity index (χ4v) is 4.81. The van der Waals surface area contributed by atoms with Crippen LogP contribution in [0.2, 0.25) is 0 Å². The summed E-state index contributed by atoms with van der Waals surface area (Å²) in [4.78, 5) is 22.4. The van der Waals surface area contributed by atoms with Crippen molar-refractivity contribution in [3.05, 3.63) is 52.1 Å². The summed E-state index contributed by atoms with van der Waals surface area (Å²) >= 11 is 1.75. The number of aromatic nitrogens is 2. The molecule has 0 bridgehead atoms. The van der Waals surface area contributed by atoms with Gasteiger partial charge in [0.1, 0.15) is 0 Å². The minimum atomic E-state index is 0.103. The van der Waals surface area contributed by atoms with Crippen molar-refractivity contribution in [2.45, 2.75) is 46.2 Å². The van der Waals surface area contributed by atoms with Gasteiger partial charge in [0.2, 0.25) is 0 Å². The molecular weight excluding hydrogens is 380 g/mol. The first kappa shape index (κ1) is 20.1. The summed E-state index contributed by atoms with van der Waals surface area (Å²) in [6.45, 7) is 13.8. The normalized spacial score (nSPS) is 15.9. The molecule has 0 N–H and O–H groups in total. The van der Waals surface area contributed by atoms with Gasteiger partial charge in [0.25, 0.3) is 5.91 Å². The van der Waals surface area contributed by atoms with E-state index in [9.17, 15) is 4.79 Å².